The van der Waals surface area contributed by atoms with Gasteiger partial charge in [-0.25, -0.2) is 29.3 Å². The zero-order valence-electron chi connectivity index (χ0n) is 25.5. The molecule has 32 nitrogen and oxygen atoms in total. The number of hydrogen-bond acceptors (Lipinski definition) is 25. The fourth-order valence-electron chi connectivity index (χ4n) is 4.05. The molecule has 0 amide bonds. The summed E-state index contributed by atoms with van der Waals surface area (Å²) in [5, 5.41) is 0. The molecule has 0 radical (unpaired) electrons. The van der Waals surface area contributed by atoms with Crippen molar-refractivity contribution in [2.45, 2.75) is 55.1 Å². The predicted molar refractivity (Wildman–Crippen MR) is 153 cm³/mol. The van der Waals surface area contributed by atoms with Crippen LogP contribution in [-0.4, -0.2) is 180 Å². The van der Waals surface area contributed by atoms with E-state index in [9.17, 15) is 77.1 Å². The van der Waals surface area contributed by atoms with Crippen molar-refractivity contribution < 1.29 is 139 Å². The van der Waals surface area contributed by atoms with Crippen LogP contribution in [-0.2, 0) is 121 Å². The molecule has 0 unspecified atom stereocenters. The monoisotopic (exact) mass is 932 g/mol. The Morgan fingerprint density at radius 2 is 0.868 bits per heavy atom. The highest BCUT2D eigenvalue weighted by Crippen LogP contribution is 2.33. The summed E-state index contributed by atoms with van der Waals surface area (Å²) in [6.07, 6.45) is -24.4. The summed E-state index contributed by atoms with van der Waals surface area (Å²) in [7, 11) is -39.0. The van der Waals surface area contributed by atoms with Crippen LogP contribution >= 0.6 is 0 Å². The third kappa shape index (κ3) is 20.6. The molecule has 1 heterocycles. The predicted octanol–water partition coefficient (Wildman–Crippen LogP) is -5.66. The summed E-state index contributed by atoms with van der Waals surface area (Å²) in [5.74, 6) is 0. The molecule has 1 fully saturated rings. The van der Waals surface area contributed by atoms with Crippen molar-refractivity contribution in [3.63, 3.8) is 0 Å². The lowest BCUT2D eigenvalue weighted by Crippen LogP contribution is -2.63. The lowest BCUT2D eigenvalue weighted by molar-refractivity contribution is -0.292. The second kappa shape index (κ2) is 18.9. The second-order valence-electron chi connectivity index (χ2n) is 9.29. The minimum Gasteiger partial charge on any atom is -0.376 e. The van der Waals surface area contributed by atoms with E-state index in [1.165, 1.54) is 0 Å². The Balaban J connectivity index is 3.90. The Bertz CT molecular complexity index is 1990. The molecule has 53 heavy (non-hydrogen) atoms. The van der Waals surface area contributed by atoms with Gasteiger partial charge in [0, 0.05) is 14.2 Å². The van der Waals surface area contributed by atoms with E-state index in [4.69, 9.17) is 32.6 Å². The van der Waals surface area contributed by atoms with Crippen molar-refractivity contribution in [2.75, 3.05) is 34.0 Å². The van der Waals surface area contributed by atoms with Crippen LogP contribution in [0.4, 0.5) is 0 Å². The smallest absolute Gasteiger partial charge is 0.376 e. The van der Waals surface area contributed by atoms with Gasteiger partial charge in [0.05, 0.1) is 19.8 Å². The average molecular weight is 933 g/mol. The van der Waals surface area contributed by atoms with Gasteiger partial charge in [-0.1, -0.05) is 0 Å². The van der Waals surface area contributed by atoms with E-state index in [1.54, 1.807) is 0 Å². The zero-order chi connectivity index (χ0) is 41.6. The third-order valence-electron chi connectivity index (χ3n) is 5.57. The highest BCUT2D eigenvalue weighted by molar-refractivity contribution is 7.82. The topological polar surface area (TPSA) is 482 Å². The minimum absolute atomic E-state index is 0.627. The normalized spacial score (nSPS) is 25.0. The van der Waals surface area contributed by atoms with Gasteiger partial charge in [0.1, 0.15) is 42.7 Å². The molecule has 0 aromatic rings. The van der Waals surface area contributed by atoms with Crippen molar-refractivity contribution in [3.8, 4) is 0 Å². The molecule has 318 valence electrons. The number of ether oxygens (including phenoxy) is 4. The SMILES string of the molecule is CO[C@@H]([C@H](OC)[C@H](COS(=O)(=O)O)OS(=O)(=O)O)[C@H](CO[C@@H]1O[C@H](COS(=O)(=O)O)[C@@H](OS(=O)(=O)O)[C@@H](OS(=O)(=O)O)[C@@H]1OS(=O)(=O)O)OS(=O)(=O)O. The van der Waals surface area contributed by atoms with Gasteiger partial charge in [0.2, 0.25) is 0 Å². The summed E-state index contributed by atoms with van der Waals surface area (Å²) in [6.45, 7) is -5.02. The first kappa shape index (κ1) is 49.9. The van der Waals surface area contributed by atoms with Crippen molar-refractivity contribution in [1.29, 1.82) is 0 Å². The van der Waals surface area contributed by atoms with E-state index in [2.05, 4.69) is 29.3 Å². The van der Waals surface area contributed by atoms with Crippen LogP contribution in [0.2, 0.25) is 0 Å². The Labute approximate surface area is 300 Å². The summed E-state index contributed by atoms with van der Waals surface area (Å²) in [4.78, 5) is 0. The molecule has 1 rings (SSSR count). The summed E-state index contributed by atoms with van der Waals surface area (Å²) in [6, 6.07) is 0. The van der Waals surface area contributed by atoms with Crippen molar-refractivity contribution in [1.82, 2.24) is 0 Å². The van der Waals surface area contributed by atoms with Gasteiger partial charge in [0.15, 0.2) is 12.4 Å². The van der Waals surface area contributed by atoms with Crippen LogP contribution in [0.1, 0.15) is 0 Å². The van der Waals surface area contributed by atoms with Crippen LogP contribution in [0.3, 0.4) is 0 Å². The number of methoxy groups -OCH3 is 2. The standard InChI is InChI=1S/C14H28O32S7/c1-36-9(10(37-2)8(43-50(24,25)26)5-40-48(18,19)20)7(42-49(21,22)23)3-38-14-13(46-53(33,34)35)12(45-52(30,31)32)11(44-51(27,28)29)6(41-14)4-39-47(15,16)17/h6-14H,3-5H2,1-2H3,(H,15,16,17)(H,18,19,20)(H,21,22,23)(H,24,25,26)(H,27,28,29)(H,30,31,32)(H,33,34,35)/t6-,7+,8+,9-,10-,11-,12-,13+,14-/m1/s1. The quantitative estimate of drug-likeness (QED) is 0.0444. The fourth-order valence-corrected chi connectivity index (χ4v) is 7.12. The second-order valence-corrected chi connectivity index (χ2v) is 16.7. The molecule has 39 heteroatoms. The molecule has 9 atom stereocenters. The first-order chi connectivity index (χ1) is 23.5. The van der Waals surface area contributed by atoms with Crippen molar-refractivity contribution in [2.24, 2.45) is 0 Å². The minimum atomic E-state index is -5.98. The average Bonchev–Trinajstić information content (AvgIpc) is 2.89. The van der Waals surface area contributed by atoms with Gasteiger partial charge in [-0.2, -0.15) is 58.9 Å². The van der Waals surface area contributed by atoms with Gasteiger partial charge >= 0.3 is 72.8 Å². The number of hydrogen-bond donors (Lipinski definition) is 7. The fraction of sp³-hybridized carbons (Fsp3) is 1.00. The Morgan fingerprint density at radius 3 is 1.23 bits per heavy atom. The highest BCUT2D eigenvalue weighted by Gasteiger charge is 2.55. The Kier molecular flexibility index (Phi) is 17.8. The molecule has 0 spiro atoms. The van der Waals surface area contributed by atoms with Gasteiger partial charge in [0.25, 0.3) is 0 Å². The van der Waals surface area contributed by atoms with Gasteiger partial charge in [-0.15, -0.1) is 0 Å². The van der Waals surface area contributed by atoms with E-state index in [0.717, 1.165) is 0 Å². The largest absolute Gasteiger partial charge is 0.397 e. The van der Waals surface area contributed by atoms with E-state index in [-0.39, 0.29) is 0 Å². The molecule has 0 aromatic heterocycles. The van der Waals surface area contributed by atoms with Crippen LogP contribution < -0.4 is 0 Å². The summed E-state index contributed by atoms with van der Waals surface area (Å²) < 4.78 is 274. The van der Waals surface area contributed by atoms with Crippen LogP contribution in [0.25, 0.3) is 0 Å². The van der Waals surface area contributed by atoms with E-state index < -0.39 is 148 Å². The van der Waals surface area contributed by atoms with Gasteiger partial charge < -0.3 is 18.9 Å². The van der Waals surface area contributed by atoms with E-state index in [0.29, 0.717) is 14.2 Å². The number of rotatable bonds is 24. The van der Waals surface area contributed by atoms with Gasteiger partial charge in [-0.3, -0.25) is 31.9 Å². The maximum atomic E-state index is 11.7. The molecule has 0 aromatic carbocycles. The lowest BCUT2D eigenvalue weighted by atomic mass is 9.99. The van der Waals surface area contributed by atoms with E-state index in [1.807, 2.05) is 0 Å². The molecule has 0 saturated carbocycles. The van der Waals surface area contributed by atoms with Crippen molar-refractivity contribution >= 4 is 72.8 Å². The summed E-state index contributed by atoms with van der Waals surface area (Å²) in [5.41, 5.74) is 0. The highest BCUT2D eigenvalue weighted by atomic mass is 32.3. The molecule has 1 aliphatic heterocycles. The Hall–Kier alpha value is -1.07. The van der Waals surface area contributed by atoms with Crippen LogP contribution in [0.15, 0.2) is 0 Å². The molecule has 1 saturated heterocycles. The van der Waals surface area contributed by atoms with Crippen molar-refractivity contribution in [3.05, 3.63) is 0 Å². The molecular weight excluding hydrogens is 905 g/mol. The first-order valence-corrected chi connectivity index (χ1v) is 21.9. The third-order valence-corrected chi connectivity index (χ3v) is 8.81. The van der Waals surface area contributed by atoms with Crippen LogP contribution in [0, 0.1) is 0 Å². The maximum Gasteiger partial charge on any atom is 0.397 e. The summed E-state index contributed by atoms with van der Waals surface area (Å²) >= 11 is 0. The first-order valence-electron chi connectivity index (χ1n) is 12.4. The maximum absolute atomic E-state index is 11.7. The lowest BCUT2D eigenvalue weighted by Gasteiger charge is -2.43. The Morgan fingerprint density at radius 1 is 0.491 bits per heavy atom. The van der Waals surface area contributed by atoms with E-state index >= 15 is 0 Å². The van der Waals surface area contributed by atoms with Crippen LogP contribution in [0.5, 0.6) is 0 Å². The zero-order valence-corrected chi connectivity index (χ0v) is 31.2. The molecule has 1 aliphatic rings. The molecule has 0 bridgehead atoms. The molecule has 0 aliphatic carbocycles. The molecule has 7 N–H and O–H groups in total. The van der Waals surface area contributed by atoms with Gasteiger partial charge in [-0.05, 0) is 0 Å². The molecular formula is C14H28O32S7.